The molecule has 1 N–H and O–H groups in total. The summed E-state index contributed by atoms with van der Waals surface area (Å²) in [5, 5.41) is 3.75. The number of amides is 2. The van der Waals surface area contributed by atoms with E-state index in [9.17, 15) is 9.59 Å². The highest BCUT2D eigenvalue weighted by molar-refractivity contribution is 6.07. The van der Waals surface area contributed by atoms with Crippen molar-refractivity contribution in [1.29, 1.82) is 0 Å². The number of pyridine rings is 1. The third-order valence-electron chi connectivity index (χ3n) is 6.02. The van der Waals surface area contributed by atoms with E-state index in [4.69, 9.17) is 9.15 Å². The number of furan rings is 1. The van der Waals surface area contributed by atoms with Gasteiger partial charge in [0, 0.05) is 37.6 Å². The Morgan fingerprint density at radius 2 is 2.04 bits per heavy atom. The lowest BCUT2D eigenvalue weighted by atomic mass is 9.97. The number of nitrogens with one attached hydrogen (secondary N) is 1. The number of piperidine rings is 1. The van der Waals surface area contributed by atoms with Crippen LogP contribution >= 0.6 is 0 Å². The topological polar surface area (TPSA) is 87.9 Å². The first-order valence-electron chi connectivity index (χ1n) is 9.95. The number of ether oxygens (including phenoxy) is 1. The summed E-state index contributed by atoms with van der Waals surface area (Å²) in [5.74, 6) is 0.387. The smallest absolute Gasteiger partial charge is 0.270 e. The number of fused-ring (bicyclic) bond motifs is 3. The second-order valence-electron chi connectivity index (χ2n) is 7.94. The molecule has 0 spiro atoms. The van der Waals surface area contributed by atoms with Crippen LogP contribution < -0.4 is 5.32 Å². The summed E-state index contributed by atoms with van der Waals surface area (Å²) >= 11 is 0. The molecular weight excluding hydrogens is 360 g/mol. The van der Waals surface area contributed by atoms with Gasteiger partial charge in [0.15, 0.2) is 5.58 Å². The second-order valence-corrected chi connectivity index (χ2v) is 7.94. The Morgan fingerprint density at radius 3 is 2.86 bits per heavy atom. The maximum absolute atomic E-state index is 12.8. The minimum Gasteiger partial charge on any atom is -0.462 e. The minimum atomic E-state index is -0.194. The Bertz CT molecular complexity index is 893. The van der Waals surface area contributed by atoms with Crippen molar-refractivity contribution in [3.05, 3.63) is 29.8 Å². The summed E-state index contributed by atoms with van der Waals surface area (Å²) in [4.78, 5) is 34.0. The molecule has 3 saturated heterocycles. The zero-order chi connectivity index (χ0) is 19.1. The highest BCUT2D eigenvalue weighted by Crippen LogP contribution is 2.27. The van der Waals surface area contributed by atoms with E-state index >= 15 is 0 Å². The molecular formula is C20H24N4O4. The number of rotatable bonds is 3. The quantitative estimate of drug-likeness (QED) is 0.853. The molecule has 0 radical (unpaired) electrons. The molecule has 0 saturated carbocycles. The molecule has 5 rings (SSSR count). The minimum absolute atomic E-state index is 0.101. The van der Waals surface area contributed by atoms with E-state index in [1.165, 1.54) is 18.9 Å². The molecule has 0 aliphatic carbocycles. The van der Waals surface area contributed by atoms with Gasteiger partial charge in [-0.3, -0.25) is 9.59 Å². The van der Waals surface area contributed by atoms with Gasteiger partial charge in [-0.1, -0.05) is 0 Å². The fourth-order valence-electron chi connectivity index (χ4n) is 4.58. The van der Waals surface area contributed by atoms with Gasteiger partial charge in [0.1, 0.15) is 12.0 Å². The largest absolute Gasteiger partial charge is 0.462 e. The van der Waals surface area contributed by atoms with Crippen molar-refractivity contribution in [3.8, 4) is 0 Å². The molecule has 0 aromatic carbocycles. The first-order valence-corrected chi connectivity index (χ1v) is 9.95. The summed E-state index contributed by atoms with van der Waals surface area (Å²) in [6, 6.07) is 1.82. The lowest BCUT2D eigenvalue weighted by Gasteiger charge is -2.30. The van der Waals surface area contributed by atoms with Crippen LogP contribution in [0.3, 0.4) is 0 Å². The Labute approximate surface area is 162 Å². The fourth-order valence-corrected chi connectivity index (χ4v) is 4.58. The zero-order valence-corrected chi connectivity index (χ0v) is 15.7. The molecule has 8 heteroatoms. The molecule has 1 unspecified atom stereocenters. The molecule has 3 fully saturated rings. The van der Waals surface area contributed by atoms with Crippen molar-refractivity contribution < 1.29 is 18.7 Å². The second kappa shape index (κ2) is 7.18. The van der Waals surface area contributed by atoms with E-state index in [2.05, 4.69) is 15.2 Å². The Kier molecular flexibility index (Phi) is 4.52. The predicted octanol–water partition coefficient (Wildman–Crippen LogP) is 1.12. The summed E-state index contributed by atoms with van der Waals surface area (Å²) < 4.78 is 10.8. The lowest BCUT2D eigenvalue weighted by molar-refractivity contribution is 0.0303. The van der Waals surface area contributed by atoms with Gasteiger partial charge in [-0.05, 0) is 31.4 Å². The number of nitrogens with zero attached hydrogens (tertiary/aromatic N) is 3. The van der Waals surface area contributed by atoms with Gasteiger partial charge in [-0.15, -0.1) is 0 Å². The van der Waals surface area contributed by atoms with Gasteiger partial charge in [0.25, 0.3) is 11.8 Å². The Hall–Kier alpha value is -2.45. The van der Waals surface area contributed by atoms with Crippen LogP contribution in [-0.2, 0) is 4.74 Å². The normalized spacial score (nSPS) is 27.1. The SMILES string of the molecule is O=C(N[C@@H]1C[C@H]2CCN(C2)C1)c1cc2c(C(=O)N3CCOCC3)coc2cn1. The van der Waals surface area contributed by atoms with Gasteiger partial charge < -0.3 is 24.3 Å². The van der Waals surface area contributed by atoms with E-state index in [1.807, 2.05) is 0 Å². The highest BCUT2D eigenvalue weighted by atomic mass is 16.5. The lowest BCUT2D eigenvalue weighted by Crippen LogP contribution is -2.47. The van der Waals surface area contributed by atoms with Crippen LogP contribution in [0.15, 0.2) is 22.9 Å². The van der Waals surface area contributed by atoms with Crippen LogP contribution in [0.25, 0.3) is 11.0 Å². The molecule has 28 heavy (non-hydrogen) atoms. The van der Waals surface area contributed by atoms with Crippen LogP contribution in [-0.4, -0.2) is 78.6 Å². The number of aromatic nitrogens is 1. The predicted molar refractivity (Wildman–Crippen MR) is 101 cm³/mol. The van der Waals surface area contributed by atoms with E-state index in [1.54, 1.807) is 11.0 Å². The molecule has 8 nitrogen and oxygen atoms in total. The molecule has 2 amide bonds. The number of carbonyl (C=O) groups excluding carboxylic acids is 2. The third-order valence-corrected chi connectivity index (χ3v) is 6.02. The first-order chi connectivity index (χ1) is 13.7. The van der Waals surface area contributed by atoms with E-state index in [0.29, 0.717) is 54.4 Å². The summed E-state index contributed by atoms with van der Waals surface area (Å²) in [6.45, 7) is 5.37. The van der Waals surface area contributed by atoms with Crippen LogP contribution in [0.1, 0.15) is 33.7 Å². The molecule has 5 heterocycles. The highest BCUT2D eigenvalue weighted by Gasteiger charge is 2.33. The molecule has 2 bridgehead atoms. The van der Waals surface area contributed by atoms with Gasteiger partial charge in [-0.2, -0.15) is 0 Å². The monoisotopic (exact) mass is 384 g/mol. The van der Waals surface area contributed by atoms with Crippen molar-refractivity contribution in [1.82, 2.24) is 20.1 Å². The van der Waals surface area contributed by atoms with Gasteiger partial charge in [-0.25, -0.2) is 4.98 Å². The zero-order valence-electron chi connectivity index (χ0n) is 15.7. The molecule has 148 valence electrons. The van der Waals surface area contributed by atoms with Crippen molar-refractivity contribution in [2.24, 2.45) is 5.92 Å². The average Bonchev–Trinajstić information content (AvgIpc) is 3.30. The number of hydrogen-bond donors (Lipinski definition) is 1. The summed E-state index contributed by atoms with van der Waals surface area (Å²) in [6.07, 6.45) is 5.22. The fraction of sp³-hybridized carbons (Fsp3) is 0.550. The first kappa shape index (κ1) is 17.6. The third kappa shape index (κ3) is 3.27. The Balaban J connectivity index is 1.35. The molecule has 2 aromatic rings. The van der Waals surface area contributed by atoms with E-state index in [0.717, 1.165) is 26.1 Å². The van der Waals surface area contributed by atoms with Crippen molar-refractivity contribution in [2.45, 2.75) is 18.9 Å². The number of carbonyl (C=O) groups is 2. The standard InChI is InChI=1S/C20H24N4O4/c25-19(22-14-7-13-1-2-23(10-13)11-14)17-8-15-16(12-28-18(15)9-21-17)20(26)24-3-5-27-6-4-24/h8-9,12-14H,1-7,10-11H2,(H,22,25)/t13-,14-/m1/s1. The van der Waals surface area contributed by atoms with Crippen LogP contribution in [0.4, 0.5) is 0 Å². The maximum Gasteiger partial charge on any atom is 0.270 e. The van der Waals surface area contributed by atoms with Crippen molar-refractivity contribution in [2.75, 3.05) is 45.9 Å². The van der Waals surface area contributed by atoms with E-state index < -0.39 is 0 Å². The van der Waals surface area contributed by atoms with E-state index in [-0.39, 0.29) is 17.9 Å². The number of hydrogen-bond acceptors (Lipinski definition) is 6. The van der Waals surface area contributed by atoms with Crippen molar-refractivity contribution >= 4 is 22.8 Å². The number of morpholine rings is 1. The maximum atomic E-state index is 12.8. The van der Waals surface area contributed by atoms with Gasteiger partial charge in [0.2, 0.25) is 0 Å². The van der Waals surface area contributed by atoms with Crippen LogP contribution in [0.2, 0.25) is 0 Å². The molecule has 3 aliphatic heterocycles. The van der Waals surface area contributed by atoms with Crippen LogP contribution in [0, 0.1) is 5.92 Å². The Morgan fingerprint density at radius 1 is 1.18 bits per heavy atom. The summed E-state index contributed by atoms with van der Waals surface area (Å²) in [7, 11) is 0. The molecule has 3 aliphatic rings. The molecule has 2 aromatic heterocycles. The average molecular weight is 384 g/mol. The van der Waals surface area contributed by atoms with Gasteiger partial charge >= 0.3 is 0 Å². The summed E-state index contributed by atoms with van der Waals surface area (Å²) in [5.41, 5.74) is 1.29. The van der Waals surface area contributed by atoms with Crippen LogP contribution in [0.5, 0.6) is 0 Å². The molecule has 3 atom stereocenters. The van der Waals surface area contributed by atoms with Crippen molar-refractivity contribution in [3.63, 3.8) is 0 Å². The van der Waals surface area contributed by atoms with Gasteiger partial charge in [0.05, 0.1) is 25.0 Å².